The molecule has 0 saturated heterocycles. The zero-order chi connectivity index (χ0) is 13.1. The first-order valence-electron chi connectivity index (χ1n) is 5.21. The van der Waals surface area contributed by atoms with Crippen LogP contribution in [0.1, 0.15) is 20.3 Å². The molecule has 0 aliphatic carbocycles. The fraction of sp³-hybridized carbons (Fsp3) is 0.500. The number of hydrogen-bond acceptors (Lipinski definition) is 5. The van der Waals surface area contributed by atoms with E-state index in [2.05, 4.69) is 9.71 Å². The van der Waals surface area contributed by atoms with E-state index in [1.165, 1.54) is 18.3 Å². The Balaban J connectivity index is 2.88. The molecule has 0 fully saturated rings. The van der Waals surface area contributed by atoms with Gasteiger partial charge in [-0.3, -0.25) is 0 Å². The van der Waals surface area contributed by atoms with Crippen molar-refractivity contribution in [3.8, 4) is 0 Å². The molecule has 1 atom stereocenters. The second-order valence-corrected chi connectivity index (χ2v) is 5.80. The Kier molecular flexibility index (Phi) is 4.07. The molecule has 96 valence electrons. The molecule has 0 bridgehead atoms. The number of aromatic nitrogens is 1. The number of sulfonamides is 1. The van der Waals surface area contributed by atoms with Crippen LogP contribution in [0, 0.1) is 0 Å². The van der Waals surface area contributed by atoms with Gasteiger partial charge in [-0.2, -0.15) is 0 Å². The first kappa shape index (κ1) is 13.9. The van der Waals surface area contributed by atoms with Gasteiger partial charge in [0.15, 0.2) is 0 Å². The molecular weight excluding hydrogens is 242 g/mol. The van der Waals surface area contributed by atoms with Gasteiger partial charge in [-0.1, -0.05) is 6.92 Å². The highest BCUT2D eigenvalue weighted by Crippen LogP contribution is 2.15. The summed E-state index contributed by atoms with van der Waals surface area (Å²) in [5.41, 5.74) is 4.41. The van der Waals surface area contributed by atoms with E-state index in [0.717, 1.165) is 0 Å². The molecule has 4 N–H and O–H groups in total. The van der Waals surface area contributed by atoms with E-state index in [0.29, 0.717) is 6.42 Å². The molecule has 7 heteroatoms. The fourth-order valence-electron chi connectivity index (χ4n) is 1.08. The molecule has 17 heavy (non-hydrogen) atoms. The first-order valence-corrected chi connectivity index (χ1v) is 6.69. The molecule has 0 spiro atoms. The molecule has 0 aliphatic rings. The zero-order valence-electron chi connectivity index (χ0n) is 9.84. The number of nitrogens with zero attached hydrogens (tertiary/aromatic N) is 1. The van der Waals surface area contributed by atoms with Gasteiger partial charge in [0.05, 0.1) is 5.60 Å². The maximum Gasteiger partial charge on any atom is 0.244 e. The Hall–Kier alpha value is -1.18. The first-order chi connectivity index (χ1) is 7.78. The highest BCUT2D eigenvalue weighted by Gasteiger charge is 2.23. The van der Waals surface area contributed by atoms with Crippen LogP contribution in [-0.2, 0) is 10.0 Å². The van der Waals surface area contributed by atoms with Crippen LogP contribution in [0.4, 0.5) is 5.82 Å². The number of rotatable bonds is 5. The normalized spacial score (nSPS) is 15.5. The Labute approximate surface area is 101 Å². The van der Waals surface area contributed by atoms with Crippen molar-refractivity contribution in [2.24, 2.45) is 0 Å². The molecule has 0 aromatic carbocycles. The fourth-order valence-corrected chi connectivity index (χ4v) is 2.33. The molecule has 0 saturated carbocycles. The van der Waals surface area contributed by atoms with Gasteiger partial charge in [0, 0.05) is 12.7 Å². The van der Waals surface area contributed by atoms with Crippen molar-refractivity contribution in [3.05, 3.63) is 18.3 Å². The number of anilines is 1. The van der Waals surface area contributed by atoms with Crippen LogP contribution in [-0.4, -0.2) is 30.7 Å². The number of nitrogen functional groups attached to an aromatic ring is 1. The van der Waals surface area contributed by atoms with E-state index in [4.69, 9.17) is 5.73 Å². The average molecular weight is 259 g/mol. The summed E-state index contributed by atoms with van der Waals surface area (Å²) < 4.78 is 26.1. The maximum atomic E-state index is 11.9. The quantitative estimate of drug-likeness (QED) is 0.695. The standard InChI is InChI=1S/C10H17N3O3S/c1-3-10(2,14)7-13-17(15,16)8-5-4-6-12-9(8)11/h4-6,13-14H,3,7H2,1-2H3,(H2,11,12). The maximum absolute atomic E-state index is 11.9. The van der Waals surface area contributed by atoms with Crippen LogP contribution >= 0.6 is 0 Å². The Morgan fingerprint density at radius 3 is 2.76 bits per heavy atom. The van der Waals surface area contributed by atoms with Crippen molar-refractivity contribution < 1.29 is 13.5 Å². The SMILES string of the molecule is CCC(C)(O)CNS(=O)(=O)c1cccnc1N. The number of pyridine rings is 1. The largest absolute Gasteiger partial charge is 0.389 e. The minimum absolute atomic E-state index is 0.0591. The second kappa shape index (κ2) is 4.99. The highest BCUT2D eigenvalue weighted by atomic mass is 32.2. The van der Waals surface area contributed by atoms with Gasteiger partial charge in [0.2, 0.25) is 10.0 Å². The minimum Gasteiger partial charge on any atom is -0.389 e. The molecule has 1 heterocycles. The monoisotopic (exact) mass is 259 g/mol. The molecule has 1 rings (SSSR count). The van der Waals surface area contributed by atoms with E-state index in [9.17, 15) is 13.5 Å². The molecule has 0 radical (unpaired) electrons. The van der Waals surface area contributed by atoms with Crippen LogP contribution in [0.25, 0.3) is 0 Å². The van der Waals surface area contributed by atoms with Gasteiger partial charge in [-0.15, -0.1) is 0 Å². The molecule has 0 aliphatic heterocycles. The van der Waals surface area contributed by atoms with Crippen molar-refractivity contribution in [2.45, 2.75) is 30.8 Å². The summed E-state index contributed by atoms with van der Waals surface area (Å²) in [6.07, 6.45) is 1.86. The molecular formula is C10H17N3O3S. The van der Waals surface area contributed by atoms with Gasteiger partial charge in [0.1, 0.15) is 10.7 Å². The summed E-state index contributed by atoms with van der Waals surface area (Å²) in [7, 11) is -3.73. The summed E-state index contributed by atoms with van der Waals surface area (Å²) in [5, 5.41) is 9.73. The molecule has 0 amide bonds. The van der Waals surface area contributed by atoms with Crippen molar-refractivity contribution in [2.75, 3.05) is 12.3 Å². The highest BCUT2D eigenvalue weighted by molar-refractivity contribution is 7.89. The Morgan fingerprint density at radius 1 is 1.59 bits per heavy atom. The van der Waals surface area contributed by atoms with Crippen LogP contribution in [0.15, 0.2) is 23.2 Å². The average Bonchev–Trinajstić information content (AvgIpc) is 2.27. The molecule has 1 unspecified atom stereocenters. The topological polar surface area (TPSA) is 105 Å². The molecule has 1 aromatic rings. The lowest BCUT2D eigenvalue weighted by Crippen LogP contribution is -2.40. The Bertz CT molecular complexity index is 485. The van der Waals surface area contributed by atoms with Crippen molar-refractivity contribution in [3.63, 3.8) is 0 Å². The van der Waals surface area contributed by atoms with E-state index >= 15 is 0 Å². The van der Waals surface area contributed by atoms with Crippen molar-refractivity contribution in [1.29, 1.82) is 0 Å². The summed E-state index contributed by atoms with van der Waals surface area (Å²) in [6.45, 7) is 3.26. The third-order valence-corrected chi connectivity index (χ3v) is 3.94. The van der Waals surface area contributed by atoms with Crippen LogP contribution < -0.4 is 10.5 Å². The van der Waals surface area contributed by atoms with Crippen molar-refractivity contribution >= 4 is 15.8 Å². The number of nitrogens with one attached hydrogen (secondary N) is 1. The lowest BCUT2D eigenvalue weighted by atomic mass is 10.1. The van der Waals surface area contributed by atoms with Crippen LogP contribution in [0.3, 0.4) is 0 Å². The summed E-state index contributed by atoms with van der Waals surface area (Å²) >= 11 is 0. The second-order valence-electron chi connectivity index (χ2n) is 4.06. The minimum atomic E-state index is -3.73. The zero-order valence-corrected chi connectivity index (χ0v) is 10.7. The van der Waals surface area contributed by atoms with Gasteiger partial charge >= 0.3 is 0 Å². The van der Waals surface area contributed by atoms with Crippen LogP contribution in [0.5, 0.6) is 0 Å². The van der Waals surface area contributed by atoms with Crippen molar-refractivity contribution in [1.82, 2.24) is 9.71 Å². The van der Waals surface area contributed by atoms with E-state index < -0.39 is 15.6 Å². The van der Waals surface area contributed by atoms with Gasteiger partial charge in [-0.25, -0.2) is 18.1 Å². The van der Waals surface area contributed by atoms with E-state index in [1.54, 1.807) is 13.8 Å². The van der Waals surface area contributed by atoms with Gasteiger partial charge < -0.3 is 10.8 Å². The van der Waals surface area contributed by atoms with Gasteiger partial charge in [0.25, 0.3) is 0 Å². The van der Waals surface area contributed by atoms with E-state index in [1.807, 2.05) is 0 Å². The van der Waals surface area contributed by atoms with E-state index in [-0.39, 0.29) is 17.3 Å². The third kappa shape index (κ3) is 3.65. The predicted molar refractivity (Wildman–Crippen MR) is 64.8 cm³/mol. The molecule has 6 nitrogen and oxygen atoms in total. The lowest BCUT2D eigenvalue weighted by Gasteiger charge is -2.21. The predicted octanol–water partition coefficient (Wildman–Crippen LogP) is 0.103. The lowest BCUT2D eigenvalue weighted by molar-refractivity contribution is 0.0613. The third-order valence-electron chi connectivity index (χ3n) is 2.49. The summed E-state index contributed by atoms with van der Waals surface area (Å²) in [5.74, 6) is -0.0591. The van der Waals surface area contributed by atoms with Gasteiger partial charge in [-0.05, 0) is 25.5 Å². The summed E-state index contributed by atoms with van der Waals surface area (Å²) in [6, 6.07) is 2.86. The number of nitrogens with two attached hydrogens (primary N) is 1. The Morgan fingerprint density at radius 2 is 2.24 bits per heavy atom. The molecule has 1 aromatic heterocycles. The number of hydrogen-bond donors (Lipinski definition) is 3. The summed E-state index contributed by atoms with van der Waals surface area (Å²) in [4.78, 5) is 3.63. The van der Waals surface area contributed by atoms with Crippen LogP contribution in [0.2, 0.25) is 0 Å². The smallest absolute Gasteiger partial charge is 0.244 e. The number of aliphatic hydroxyl groups is 1.